The van der Waals surface area contributed by atoms with E-state index in [-0.39, 0.29) is 6.09 Å². The first-order valence-corrected chi connectivity index (χ1v) is 7.52. The van der Waals surface area contributed by atoms with Crippen LogP contribution in [0.4, 0.5) is 4.79 Å². The predicted molar refractivity (Wildman–Crippen MR) is 79.7 cm³/mol. The molecule has 1 aliphatic heterocycles. The molecule has 0 aliphatic carbocycles. The Balaban J connectivity index is 2.36. The molecule has 1 saturated heterocycles. The van der Waals surface area contributed by atoms with E-state index in [1.165, 1.54) is 0 Å². The number of hydrogen-bond donors (Lipinski definition) is 2. The topological polar surface area (TPSA) is 61.8 Å². The maximum Gasteiger partial charge on any atom is 0.410 e. The highest BCUT2D eigenvalue weighted by molar-refractivity contribution is 5.68. The van der Waals surface area contributed by atoms with Gasteiger partial charge in [0.1, 0.15) is 5.60 Å². The third kappa shape index (κ3) is 6.09. The Hall–Kier alpha value is -0.810. The molecule has 1 fully saturated rings. The molecule has 0 spiro atoms. The molecule has 2 N–H and O–H groups in total. The number of piperidine rings is 1. The van der Waals surface area contributed by atoms with Crippen molar-refractivity contribution in [1.82, 2.24) is 10.2 Å². The van der Waals surface area contributed by atoms with Crippen molar-refractivity contribution in [3.05, 3.63) is 0 Å². The highest BCUT2D eigenvalue weighted by Crippen LogP contribution is 2.23. The van der Waals surface area contributed by atoms with Crippen LogP contribution in [0.5, 0.6) is 0 Å². The number of carbonyl (C=O) groups is 1. The second-order valence-corrected chi connectivity index (χ2v) is 7.22. The van der Waals surface area contributed by atoms with Crippen molar-refractivity contribution in [3.63, 3.8) is 0 Å². The van der Waals surface area contributed by atoms with Crippen LogP contribution in [0.2, 0.25) is 0 Å². The van der Waals surface area contributed by atoms with Gasteiger partial charge in [-0.15, -0.1) is 0 Å². The number of aliphatic hydroxyl groups is 1. The summed E-state index contributed by atoms with van der Waals surface area (Å²) in [6.45, 7) is 12.5. The van der Waals surface area contributed by atoms with Crippen LogP contribution in [0.1, 0.15) is 47.5 Å². The average Bonchev–Trinajstić information content (AvgIpc) is 2.26. The molecule has 0 saturated carbocycles. The fourth-order valence-electron chi connectivity index (χ4n) is 2.20. The molecule has 0 aromatic rings. The van der Waals surface area contributed by atoms with Gasteiger partial charge in [0.15, 0.2) is 0 Å². The van der Waals surface area contributed by atoms with Gasteiger partial charge < -0.3 is 20.1 Å². The molecule has 0 aromatic carbocycles. The van der Waals surface area contributed by atoms with E-state index in [2.05, 4.69) is 19.2 Å². The van der Waals surface area contributed by atoms with E-state index in [4.69, 9.17) is 4.74 Å². The van der Waals surface area contributed by atoms with Crippen molar-refractivity contribution in [3.8, 4) is 0 Å². The van der Waals surface area contributed by atoms with Crippen LogP contribution in [-0.2, 0) is 4.74 Å². The molecule has 118 valence electrons. The predicted octanol–water partition coefficient (Wildman–Crippen LogP) is 1.99. The van der Waals surface area contributed by atoms with Crippen molar-refractivity contribution in [2.45, 2.75) is 58.7 Å². The summed E-state index contributed by atoms with van der Waals surface area (Å²) >= 11 is 0. The van der Waals surface area contributed by atoms with E-state index < -0.39 is 11.2 Å². The molecule has 1 aliphatic rings. The van der Waals surface area contributed by atoms with Crippen molar-refractivity contribution >= 4 is 6.09 Å². The molecule has 1 rings (SSSR count). The summed E-state index contributed by atoms with van der Waals surface area (Å²) < 4.78 is 5.35. The van der Waals surface area contributed by atoms with Gasteiger partial charge in [0.2, 0.25) is 0 Å². The normalized spacial score (nSPS) is 19.2. The lowest BCUT2D eigenvalue weighted by Gasteiger charge is -2.38. The van der Waals surface area contributed by atoms with E-state index >= 15 is 0 Å². The Labute approximate surface area is 122 Å². The first-order chi connectivity index (χ1) is 9.11. The van der Waals surface area contributed by atoms with Gasteiger partial charge in [-0.1, -0.05) is 13.8 Å². The van der Waals surface area contributed by atoms with Gasteiger partial charge in [0.05, 0.1) is 5.60 Å². The fourth-order valence-corrected chi connectivity index (χ4v) is 2.20. The molecule has 0 bridgehead atoms. The van der Waals surface area contributed by atoms with Crippen molar-refractivity contribution in [1.29, 1.82) is 0 Å². The smallest absolute Gasteiger partial charge is 0.410 e. The number of hydrogen-bond acceptors (Lipinski definition) is 4. The summed E-state index contributed by atoms with van der Waals surface area (Å²) in [5, 5.41) is 13.8. The Morgan fingerprint density at radius 2 is 1.90 bits per heavy atom. The molecular formula is C15H30N2O3. The second-order valence-electron chi connectivity index (χ2n) is 7.22. The Morgan fingerprint density at radius 1 is 1.35 bits per heavy atom. The summed E-state index contributed by atoms with van der Waals surface area (Å²) in [6.07, 6.45) is 0.906. The number of nitrogens with one attached hydrogen (secondary N) is 1. The maximum absolute atomic E-state index is 11.9. The molecule has 1 heterocycles. The van der Waals surface area contributed by atoms with Crippen molar-refractivity contribution < 1.29 is 14.6 Å². The van der Waals surface area contributed by atoms with Gasteiger partial charge in [-0.3, -0.25) is 0 Å². The minimum absolute atomic E-state index is 0.283. The van der Waals surface area contributed by atoms with Gasteiger partial charge in [-0.05, 0) is 46.1 Å². The van der Waals surface area contributed by atoms with E-state index in [0.29, 0.717) is 38.4 Å². The summed E-state index contributed by atoms with van der Waals surface area (Å²) in [4.78, 5) is 13.6. The fraction of sp³-hybridized carbons (Fsp3) is 0.933. The minimum atomic E-state index is -0.701. The first kappa shape index (κ1) is 17.2. The Bertz CT molecular complexity index is 316. The van der Waals surface area contributed by atoms with Gasteiger partial charge in [0.25, 0.3) is 0 Å². The van der Waals surface area contributed by atoms with Gasteiger partial charge in [-0.25, -0.2) is 4.79 Å². The van der Waals surface area contributed by atoms with E-state index in [9.17, 15) is 9.90 Å². The maximum atomic E-state index is 11.9. The van der Waals surface area contributed by atoms with Crippen molar-refractivity contribution in [2.75, 3.05) is 26.2 Å². The SMILES string of the molecule is CC(C)CNCC1(O)CCN(C(=O)OC(C)(C)C)CC1. The average molecular weight is 286 g/mol. The van der Waals surface area contributed by atoms with Crippen LogP contribution in [-0.4, -0.2) is 53.5 Å². The molecule has 5 heteroatoms. The molecule has 20 heavy (non-hydrogen) atoms. The molecule has 0 radical (unpaired) electrons. The largest absolute Gasteiger partial charge is 0.444 e. The number of nitrogens with zero attached hydrogens (tertiary/aromatic N) is 1. The van der Waals surface area contributed by atoms with Gasteiger partial charge in [0, 0.05) is 19.6 Å². The van der Waals surface area contributed by atoms with E-state index in [0.717, 1.165) is 6.54 Å². The molecule has 5 nitrogen and oxygen atoms in total. The number of rotatable bonds is 4. The van der Waals surface area contributed by atoms with Crippen LogP contribution >= 0.6 is 0 Å². The summed E-state index contributed by atoms with van der Waals surface area (Å²) in [7, 11) is 0. The van der Waals surface area contributed by atoms with Gasteiger partial charge in [-0.2, -0.15) is 0 Å². The Kier molecular flexibility index (Phi) is 5.83. The molecule has 0 atom stereocenters. The quantitative estimate of drug-likeness (QED) is 0.830. The highest BCUT2D eigenvalue weighted by atomic mass is 16.6. The zero-order valence-electron chi connectivity index (χ0n) is 13.5. The van der Waals surface area contributed by atoms with Crippen LogP contribution in [0.25, 0.3) is 0 Å². The van der Waals surface area contributed by atoms with E-state index in [1.54, 1.807) is 4.90 Å². The number of amides is 1. The number of ether oxygens (including phenoxy) is 1. The molecule has 0 unspecified atom stereocenters. The molecule has 0 aromatic heterocycles. The third-order valence-corrected chi connectivity index (χ3v) is 3.35. The number of likely N-dealkylation sites (tertiary alicyclic amines) is 1. The summed E-state index contributed by atoms with van der Waals surface area (Å²) in [5.74, 6) is 0.570. The summed E-state index contributed by atoms with van der Waals surface area (Å²) in [6, 6.07) is 0. The van der Waals surface area contributed by atoms with Gasteiger partial charge >= 0.3 is 6.09 Å². The van der Waals surface area contributed by atoms with Crippen LogP contribution in [0.3, 0.4) is 0 Å². The van der Waals surface area contributed by atoms with Crippen LogP contribution in [0.15, 0.2) is 0 Å². The van der Waals surface area contributed by atoms with Crippen LogP contribution in [0, 0.1) is 5.92 Å². The third-order valence-electron chi connectivity index (χ3n) is 3.35. The van der Waals surface area contributed by atoms with E-state index in [1.807, 2.05) is 20.8 Å². The highest BCUT2D eigenvalue weighted by Gasteiger charge is 2.35. The lowest BCUT2D eigenvalue weighted by atomic mass is 9.91. The number of carbonyl (C=O) groups excluding carboxylic acids is 1. The standard InChI is InChI=1S/C15H30N2O3/c1-12(2)10-16-11-15(19)6-8-17(9-7-15)13(18)20-14(3,4)5/h12,16,19H,6-11H2,1-5H3. The van der Waals surface area contributed by atoms with Crippen molar-refractivity contribution in [2.24, 2.45) is 5.92 Å². The second kappa shape index (κ2) is 6.76. The Morgan fingerprint density at radius 3 is 2.35 bits per heavy atom. The summed E-state index contributed by atoms with van der Waals surface area (Å²) in [5.41, 5.74) is -1.17. The van der Waals surface area contributed by atoms with Crippen LogP contribution < -0.4 is 5.32 Å². The lowest BCUT2D eigenvalue weighted by molar-refractivity contribution is -0.0310. The zero-order chi connectivity index (χ0) is 15.4. The zero-order valence-corrected chi connectivity index (χ0v) is 13.5. The molecular weight excluding hydrogens is 256 g/mol. The first-order valence-electron chi connectivity index (χ1n) is 7.52. The monoisotopic (exact) mass is 286 g/mol. The minimum Gasteiger partial charge on any atom is -0.444 e. The lowest BCUT2D eigenvalue weighted by Crippen LogP contribution is -2.52. The molecule has 1 amide bonds.